The third-order valence-electron chi connectivity index (χ3n) is 5.41. The molecular weight excluding hydrogens is 488 g/mol. The van der Waals surface area contributed by atoms with Crippen LogP contribution in [0.15, 0.2) is 53.5 Å². The third-order valence-corrected chi connectivity index (χ3v) is 5.41. The Hall–Kier alpha value is -4.62. The van der Waals surface area contributed by atoms with Crippen LogP contribution in [-0.4, -0.2) is 30.4 Å². The molecule has 0 aliphatic rings. The molecule has 2 aromatic heterocycles. The maximum Gasteiger partial charge on any atom is 0.416 e. The molecule has 4 aromatic rings. The molecule has 1 unspecified atom stereocenters. The van der Waals surface area contributed by atoms with Gasteiger partial charge in [-0.25, -0.2) is 4.39 Å². The minimum atomic E-state index is -4.85. The zero-order chi connectivity index (χ0) is 26.4. The fraction of sp³-hybridized carbons (Fsp3) is 0.182. The molecular formula is C22H16F4N6O4. The molecule has 0 aliphatic carbocycles. The van der Waals surface area contributed by atoms with Crippen molar-refractivity contribution < 1.29 is 27.3 Å². The standard InChI is InChI=1S/C22H16F4N6O4/c1-11(13-7-14(22(24,25)26)9-15(8-13)32(35)36)28-21(34)16-4-6-18(33)31(29-16)17-5-3-12-10-27-30(2)20(12)19(17)23/h3-11H,1-2H3,(H,28,34). The van der Waals surface area contributed by atoms with Crippen LogP contribution in [0.3, 0.4) is 0 Å². The van der Waals surface area contributed by atoms with Crippen LogP contribution in [0, 0.1) is 15.9 Å². The van der Waals surface area contributed by atoms with E-state index in [1.807, 2.05) is 0 Å². The lowest BCUT2D eigenvalue weighted by molar-refractivity contribution is -0.385. The number of hydrogen-bond acceptors (Lipinski definition) is 6. The van der Waals surface area contributed by atoms with Crippen LogP contribution in [0.25, 0.3) is 16.6 Å². The number of rotatable bonds is 5. The molecule has 4 rings (SSSR count). The van der Waals surface area contributed by atoms with Gasteiger partial charge in [-0.2, -0.15) is 28.1 Å². The number of nitro benzene ring substituents is 1. The van der Waals surface area contributed by atoms with E-state index in [-0.39, 0.29) is 22.5 Å². The number of halogens is 4. The normalized spacial score (nSPS) is 12.5. The number of alkyl halides is 3. The second kappa shape index (κ2) is 8.87. The minimum Gasteiger partial charge on any atom is -0.344 e. The highest BCUT2D eigenvalue weighted by atomic mass is 19.4. The van der Waals surface area contributed by atoms with Gasteiger partial charge < -0.3 is 5.32 Å². The van der Waals surface area contributed by atoms with Crippen molar-refractivity contribution in [2.75, 3.05) is 0 Å². The lowest BCUT2D eigenvalue weighted by Gasteiger charge is -2.16. The van der Waals surface area contributed by atoms with E-state index in [1.54, 1.807) is 0 Å². The number of non-ortho nitro benzene ring substituents is 1. The summed E-state index contributed by atoms with van der Waals surface area (Å²) < 4.78 is 56.6. The SMILES string of the molecule is CC(NC(=O)c1ccc(=O)n(-c2ccc3cnn(C)c3c2F)n1)c1cc([N+](=O)[O-])cc(C(F)(F)F)c1. The number of amides is 1. The Morgan fingerprint density at radius 2 is 1.89 bits per heavy atom. The van der Waals surface area contributed by atoms with E-state index < -0.39 is 45.7 Å². The Labute approximate surface area is 198 Å². The molecule has 0 radical (unpaired) electrons. The number of carbonyl (C=O) groups excluding carboxylic acids is 1. The van der Waals surface area contributed by atoms with Crippen molar-refractivity contribution in [3.05, 3.63) is 91.8 Å². The van der Waals surface area contributed by atoms with Gasteiger partial charge in [-0.05, 0) is 36.8 Å². The number of fused-ring (bicyclic) bond motifs is 1. The maximum absolute atomic E-state index is 15.1. The molecule has 10 nitrogen and oxygen atoms in total. The van der Waals surface area contributed by atoms with Gasteiger partial charge in [0.1, 0.15) is 16.9 Å². The average molecular weight is 504 g/mol. The Kier molecular flexibility index (Phi) is 6.04. The summed E-state index contributed by atoms with van der Waals surface area (Å²) in [5.41, 5.74) is -3.44. The van der Waals surface area contributed by atoms with E-state index in [0.717, 1.165) is 18.2 Å². The number of carbonyl (C=O) groups is 1. The summed E-state index contributed by atoms with van der Waals surface area (Å²) in [7, 11) is 1.51. The van der Waals surface area contributed by atoms with Crippen molar-refractivity contribution in [3.63, 3.8) is 0 Å². The second-order valence-electron chi connectivity index (χ2n) is 7.84. The van der Waals surface area contributed by atoms with E-state index >= 15 is 4.39 Å². The van der Waals surface area contributed by atoms with E-state index in [0.29, 0.717) is 22.2 Å². The smallest absolute Gasteiger partial charge is 0.344 e. The first-order chi connectivity index (χ1) is 16.9. The maximum atomic E-state index is 15.1. The van der Waals surface area contributed by atoms with Gasteiger partial charge in [-0.3, -0.25) is 24.4 Å². The number of aryl methyl sites for hydroxylation is 1. The molecule has 1 atom stereocenters. The molecule has 14 heteroatoms. The first-order valence-electron chi connectivity index (χ1n) is 10.2. The number of aromatic nitrogens is 4. The van der Waals surface area contributed by atoms with Crippen LogP contribution in [0.2, 0.25) is 0 Å². The van der Waals surface area contributed by atoms with Gasteiger partial charge in [0.15, 0.2) is 5.82 Å². The minimum absolute atomic E-state index is 0.107. The first kappa shape index (κ1) is 24.5. The van der Waals surface area contributed by atoms with Crippen LogP contribution in [0.1, 0.15) is 34.6 Å². The van der Waals surface area contributed by atoms with E-state index in [1.165, 1.54) is 37.0 Å². The Morgan fingerprint density at radius 3 is 2.56 bits per heavy atom. The van der Waals surface area contributed by atoms with Crippen LogP contribution < -0.4 is 10.9 Å². The highest BCUT2D eigenvalue weighted by molar-refractivity contribution is 5.92. The molecule has 2 heterocycles. The van der Waals surface area contributed by atoms with Gasteiger partial charge in [0, 0.05) is 30.6 Å². The monoisotopic (exact) mass is 504 g/mol. The number of nitro groups is 1. The Balaban J connectivity index is 1.67. The van der Waals surface area contributed by atoms with Crippen molar-refractivity contribution in [1.29, 1.82) is 0 Å². The zero-order valence-electron chi connectivity index (χ0n) is 18.6. The fourth-order valence-electron chi connectivity index (χ4n) is 3.58. The molecule has 0 saturated heterocycles. The van der Waals surface area contributed by atoms with E-state index in [9.17, 15) is 32.9 Å². The van der Waals surface area contributed by atoms with Gasteiger partial charge in [-0.1, -0.05) is 0 Å². The fourth-order valence-corrected chi connectivity index (χ4v) is 3.58. The first-order valence-corrected chi connectivity index (χ1v) is 10.2. The van der Waals surface area contributed by atoms with Crippen molar-refractivity contribution in [3.8, 4) is 5.69 Å². The predicted octanol–water partition coefficient (Wildman–Crippen LogP) is 3.68. The quantitative estimate of drug-likeness (QED) is 0.251. The van der Waals surface area contributed by atoms with Gasteiger partial charge >= 0.3 is 6.18 Å². The van der Waals surface area contributed by atoms with Crippen LogP contribution in [-0.2, 0) is 13.2 Å². The lowest BCUT2D eigenvalue weighted by Crippen LogP contribution is -2.31. The van der Waals surface area contributed by atoms with Crippen molar-refractivity contribution in [2.45, 2.75) is 19.1 Å². The molecule has 36 heavy (non-hydrogen) atoms. The largest absolute Gasteiger partial charge is 0.416 e. The molecule has 1 N–H and O–H groups in total. The third kappa shape index (κ3) is 4.52. The van der Waals surface area contributed by atoms with Crippen molar-refractivity contribution >= 4 is 22.5 Å². The Bertz CT molecular complexity index is 1580. The second-order valence-corrected chi connectivity index (χ2v) is 7.84. The molecule has 186 valence electrons. The lowest BCUT2D eigenvalue weighted by atomic mass is 10.0. The van der Waals surface area contributed by atoms with E-state index in [2.05, 4.69) is 15.5 Å². The highest BCUT2D eigenvalue weighted by Gasteiger charge is 2.33. The highest BCUT2D eigenvalue weighted by Crippen LogP contribution is 2.34. The zero-order valence-corrected chi connectivity index (χ0v) is 18.6. The topological polar surface area (TPSA) is 125 Å². The molecule has 0 fully saturated rings. The van der Waals surface area contributed by atoms with Gasteiger partial charge in [0.2, 0.25) is 0 Å². The number of nitrogens with one attached hydrogen (secondary N) is 1. The van der Waals surface area contributed by atoms with Crippen molar-refractivity contribution in [2.24, 2.45) is 7.05 Å². The number of nitrogens with zero attached hydrogens (tertiary/aromatic N) is 5. The molecule has 1 amide bonds. The number of hydrogen-bond donors (Lipinski definition) is 1. The molecule has 0 spiro atoms. The summed E-state index contributed by atoms with van der Waals surface area (Å²) in [5, 5.41) is 21.8. The van der Waals surface area contributed by atoms with Crippen molar-refractivity contribution in [1.82, 2.24) is 24.9 Å². The summed E-state index contributed by atoms with van der Waals surface area (Å²) in [6, 6.07) is 5.73. The van der Waals surface area contributed by atoms with Crippen LogP contribution >= 0.6 is 0 Å². The van der Waals surface area contributed by atoms with Gasteiger partial charge in [-0.15, -0.1) is 0 Å². The summed E-state index contributed by atoms with van der Waals surface area (Å²) >= 11 is 0. The molecule has 0 aliphatic heterocycles. The molecule has 2 aromatic carbocycles. The summed E-state index contributed by atoms with van der Waals surface area (Å²) in [6.07, 6.45) is -3.41. The summed E-state index contributed by atoms with van der Waals surface area (Å²) in [4.78, 5) is 35.3. The average Bonchev–Trinajstić information content (AvgIpc) is 3.20. The van der Waals surface area contributed by atoms with Gasteiger partial charge in [0.05, 0.1) is 22.7 Å². The van der Waals surface area contributed by atoms with Crippen LogP contribution in [0.5, 0.6) is 0 Å². The van der Waals surface area contributed by atoms with Gasteiger partial charge in [0.25, 0.3) is 17.2 Å². The summed E-state index contributed by atoms with van der Waals surface area (Å²) in [6.45, 7) is 1.32. The predicted molar refractivity (Wildman–Crippen MR) is 118 cm³/mol. The van der Waals surface area contributed by atoms with Crippen LogP contribution in [0.4, 0.5) is 23.2 Å². The Morgan fingerprint density at radius 1 is 1.17 bits per heavy atom. The molecule has 0 saturated carbocycles. The van der Waals surface area contributed by atoms with E-state index in [4.69, 9.17) is 0 Å². The summed E-state index contributed by atoms with van der Waals surface area (Å²) in [5.74, 6) is -1.71. The number of benzene rings is 2. The molecule has 0 bridgehead atoms.